The summed E-state index contributed by atoms with van der Waals surface area (Å²) in [5.74, 6) is 1.01. The molecule has 1 atom stereocenters. The summed E-state index contributed by atoms with van der Waals surface area (Å²) in [4.78, 5) is 14.1. The van der Waals surface area contributed by atoms with E-state index in [2.05, 4.69) is 26.1 Å². The van der Waals surface area contributed by atoms with Gasteiger partial charge in [-0.1, -0.05) is 33.6 Å². The molecule has 0 saturated carbocycles. The van der Waals surface area contributed by atoms with E-state index in [1.807, 2.05) is 18.9 Å². The average molecular weight is 228 g/mol. The Kier molecular flexibility index (Phi) is 8.26. The van der Waals surface area contributed by atoms with Gasteiger partial charge in [-0.2, -0.15) is 0 Å². The Morgan fingerprint density at radius 3 is 2.19 bits per heavy atom. The first-order valence-electron chi connectivity index (χ1n) is 6.53. The van der Waals surface area contributed by atoms with E-state index in [-0.39, 0.29) is 11.8 Å². The van der Waals surface area contributed by atoms with Crippen molar-refractivity contribution in [3.63, 3.8) is 0 Å². The summed E-state index contributed by atoms with van der Waals surface area (Å²) in [7, 11) is 1.89. The fourth-order valence-corrected chi connectivity index (χ4v) is 1.94. The molecule has 96 valence electrons. The molecule has 0 bridgehead atoms. The standard InChI is InChI=1S/C13H28N2O/c1-6-12(7-2)10-15(8-3)13(16)11(4)9-14-5/h11-12,14H,6-10H2,1-5H3. The van der Waals surface area contributed by atoms with Crippen LogP contribution >= 0.6 is 0 Å². The number of hydrogen-bond donors (Lipinski definition) is 1. The molecule has 0 fully saturated rings. The Hall–Kier alpha value is -0.570. The van der Waals surface area contributed by atoms with Gasteiger partial charge in [0.05, 0.1) is 0 Å². The van der Waals surface area contributed by atoms with Gasteiger partial charge in [0, 0.05) is 25.6 Å². The van der Waals surface area contributed by atoms with Crippen LogP contribution in [0.3, 0.4) is 0 Å². The average Bonchev–Trinajstić information content (AvgIpc) is 2.30. The number of hydrogen-bond acceptors (Lipinski definition) is 2. The first-order chi connectivity index (χ1) is 7.60. The van der Waals surface area contributed by atoms with Gasteiger partial charge in [-0.25, -0.2) is 0 Å². The second kappa shape index (κ2) is 8.57. The van der Waals surface area contributed by atoms with Crippen molar-refractivity contribution in [2.75, 3.05) is 26.7 Å². The highest BCUT2D eigenvalue weighted by Crippen LogP contribution is 2.12. The minimum absolute atomic E-state index is 0.0827. The topological polar surface area (TPSA) is 32.3 Å². The van der Waals surface area contributed by atoms with Gasteiger partial charge >= 0.3 is 0 Å². The van der Waals surface area contributed by atoms with Gasteiger partial charge < -0.3 is 10.2 Å². The monoisotopic (exact) mass is 228 g/mol. The van der Waals surface area contributed by atoms with Crippen LogP contribution in [0.15, 0.2) is 0 Å². The molecule has 0 radical (unpaired) electrons. The molecule has 16 heavy (non-hydrogen) atoms. The summed E-state index contributed by atoms with van der Waals surface area (Å²) >= 11 is 0. The number of carbonyl (C=O) groups is 1. The largest absolute Gasteiger partial charge is 0.342 e. The third-order valence-corrected chi connectivity index (χ3v) is 3.26. The maximum absolute atomic E-state index is 12.1. The maximum atomic E-state index is 12.1. The Labute approximate surface area is 101 Å². The predicted molar refractivity (Wildman–Crippen MR) is 69.4 cm³/mol. The van der Waals surface area contributed by atoms with Crippen molar-refractivity contribution in [3.8, 4) is 0 Å². The molecule has 0 spiro atoms. The minimum atomic E-state index is 0.0827. The van der Waals surface area contributed by atoms with Crippen LogP contribution in [0.5, 0.6) is 0 Å². The lowest BCUT2D eigenvalue weighted by molar-refractivity contribution is -0.135. The second-order valence-corrected chi connectivity index (χ2v) is 4.52. The van der Waals surface area contributed by atoms with Gasteiger partial charge in [0.1, 0.15) is 0 Å². The van der Waals surface area contributed by atoms with Crippen molar-refractivity contribution in [2.45, 2.75) is 40.5 Å². The van der Waals surface area contributed by atoms with E-state index in [0.29, 0.717) is 5.92 Å². The third-order valence-electron chi connectivity index (χ3n) is 3.26. The minimum Gasteiger partial charge on any atom is -0.342 e. The van der Waals surface area contributed by atoms with Crippen LogP contribution in [0.2, 0.25) is 0 Å². The summed E-state index contributed by atoms with van der Waals surface area (Å²) in [6.45, 7) is 11.0. The molecule has 1 unspecified atom stereocenters. The van der Waals surface area contributed by atoms with E-state index in [4.69, 9.17) is 0 Å². The molecular formula is C13H28N2O. The molecule has 3 heteroatoms. The number of nitrogens with zero attached hydrogens (tertiary/aromatic N) is 1. The fourth-order valence-electron chi connectivity index (χ4n) is 1.94. The van der Waals surface area contributed by atoms with Crippen molar-refractivity contribution in [1.82, 2.24) is 10.2 Å². The van der Waals surface area contributed by atoms with Crippen molar-refractivity contribution in [2.24, 2.45) is 11.8 Å². The first-order valence-corrected chi connectivity index (χ1v) is 6.53. The second-order valence-electron chi connectivity index (χ2n) is 4.52. The van der Waals surface area contributed by atoms with Gasteiger partial charge in [0.15, 0.2) is 0 Å². The molecule has 0 saturated heterocycles. The van der Waals surface area contributed by atoms with Crippen LogP contribution < -0.4 is 5.32 Å². The van der Waals surface area contributed by atoms with E-state index < -0.39 is 0 Å². The van der Waals surface area contributed by atoms with Gasteiger partial charge in [0.2, 0.25) is 5.91 Å². The zero-order chi connectivity index (χ0) is 12.6. The summed E-state index contributed by atoms with van der Waals surface area (Å²) in [5, 5.41) is 3.06. The molecule has 1 amide bonds. The number of nitrogens with one attached hydrogen (secondary N) is 1. The number of carbonyl (C=O) groups excluding carboxylic acids is 1. The van der Waals surface area contributed by atoms with Crippen molar-refractivity contribution < 1.29 is 4.79 Å². The fraction of sp³-hybridized carbons (Fsp3) is 0.923. The molecule has 0 rings (SSSR count). The lowest BCUT2D eigenvalue weighted by atomic mass is 10.0. The van der Waals surface area contributed by atoms with Gasteiger partial charge in [-0.15, -0.1) is 0 Å². The zero-order valence-corrected chi connectivity index (χ0v) is 11.5. The van der Waals surface area contributed by atoms with Crippen LogP contribution in [-0.4, -0.2) is 37.5 Å². The van der Waals surface area contributed by atoms with E-state index in [0.717, 1.165) is 32.5 Å². The Morgan fingerprint density at radius 1 is 1.25 bits per heavy atom. The predicted octanol–water partition coefficient (Wildman–Crippen LogP) is 2.13. The Balaban J connectivity index is 4.30. The quantitative estimate of drug-likeness (QED) is 0.690. The molecule has 0 aromatic heterocycles. The highest BCUT2D eigenvalue weighted by Gasteiger charge is 2.20. The van der Waals surface area contributed by atoms with Crippen LogP contribution in [0.1, 0.15) is 40.5 Å². The van der Waals surface area contributed by atoms with Crippen molar-refractivity contribution in [1.29, 1.82) is 0 Å². The third kappa shape index (κ3) is 4.97. The molecule has 0 aliphatic rings. The normalized spacial score (nSPS) is 12.9. The summed E-state index contributed by atoms with van der Waals surface area (Å²) < 4.78 is 0. The van der Waals surface area contributed by atoms with E-state index in [1.165, 1.54) is 0 Å². The summed E-state index contributed by atoms with van der Waals surface area (Å²) in [6.07, 6.45) is 2.31. The van der Waals surface area contributed by atoms with Crippen LogP contribution in [-0.2, 0) is 4.79 Å². The number of amides is 1. The first kappa shape index (κ1) is 15.4. The Bertz CT molecular complexity index is 190. The van der Waals surface area contributed by atoms with Gasteiger partial charge in [-0.3, -0.25) is 4.79 Å². The van der Waals surface area contributed by atoms with E-state index in [9.17, 15) is 4.79 Å². The lowest BCUT2D eigenvalue weighted by Crippen LogP contribution is -2.40. The highest BCUT2D eigenvalue weighted by molar-refractivity contribution is 5.78. The smallest absolute Gasteiger partial charge is 0.226 e. The van der Waals surface area contributed by atoms with Crippen molar-refractivity contribution >= 4 is 5.91 Å². The molecular weight excluding hydrogens is 200 g/mol. The lowest BCUT2D eigenvalue weighted by Gasteiger charge is -2.28. The maximum Gasteiger partial charge on any atom is 0.226 e. The molecule has 0 heterocycles. The zero-order valence-electron chi connectivity index (χ0n) is 11.5. The molecule has 0 aliphatic heterocycles. The SMILES string of the molecule is CCC(CC)CN(CC)C(=O)C(C)CNC. The van der Waals surface area contributed by atoms with Gasteiger partial charge in [-0.05, 0) is 19.9 Å². The summed E-state index contributed by atoms with van der Waals surface area (Å²) in [5.41, 5.74) is 0. The van der Waals surface area contributed by atoms with Crippen molar-refractivity contribution in [3.05, 3.63) is 0 Å². The van der Waals surface area contributed by atoms with Crippen LogP contribution in [0.4, 0.5) is 0 Å². The number of rotatable bonds is 8. The molecule has 0 aromatic carbocycles. The van der Waals surface area contributed by atoms with Crippen LogP contribution in [0.25, 0.3) is 0 Å². The molecule has 0 aliphatic carbocycles. The highest BCUT2D eigenvalue weighted by atomic mass is 16.2. The molecule has 3 nitrogen and oxygen atoms in total. The van der Waals surface area contributed by atoms with E-state index >= 15 is 0 Å². The molecule has 0 aromatic rings. The van der Waals surface area contributed by atoms with E-state index in [1.54, 1.807) is 0 Å². The van der Waals surface area contributed by atoms with Gasteiger partial charge in [0.25, 0.3) is 0 Å². The van der Waals surface area contributed by atoms with Crippen LogP contribution in [0, 0.1) is 11.8 Å². The molecule has 1 N–H and O–H groups in total. The Morgan fingerprint density at radius 2 is 1.81 bits per heavy atom. The summed E-state index contributed by atoms with van der Waals surface area (Å²) in [6, 6.07) is 0.